The van der Waals surface area contributed by atoms with Crippen molar-refractivity contribution in [1.29, 1.82) is 0 Å². The Balaban J connectivity index is 2.55. The van der Waals surface area contributed by atoms with Crippen LogP contribution in [0.5, 0.6) is 0 Å². The first-order chi connectivity index (χ1) is 7.69. The van der Waals surface area contributed by atoms with Crippen molar-refractivity contribution >= 4 is 17.4 Å². The van der Waals surface area contributed by atoms with Crippen molar-refractivity contribution in [2.45, 2.75) is 33.1 Å². The van der Waals surface area contributed by atoms with E-state index in [2.05, 4.69) is 12.2 Å². The van der Waals surface area contributed by atoms with Gasteiger partial charge in [0.25, 0.3) is 11.7 Å². The zero-order valence-corrected chi connectivity index (χ0v) is 9.59. The van der Waals surface area contributed by atoms with Gasteiger partial charge in [0.15, 0.2) is 0 Å². The summed E-state index contributed by atoms with van der Waals surface area (Å²) in [5.74, 6) is -0.911. The Bertz CT molecular complexity index is 463. The predicted octanol–water partition coefficient (Wildman–Crippen LogP) is 2.34. The number of carbonyl (C=O) groups is 2. The zero-order chi connectivity index (χ0) is 11.7. The topological polar surface area (TPSA) is 46.2 Å². The predicted molar refractivity (Wildman–Crippen MR) is 62.8 cm³/mol. The van der Waals surface area contributed by atoms with E-state index in [-0.39, 0.29) is 0 Å². The van der Waals surface area contributed by atoms with Crippen molar-refractivity contribution in [3.8, 4) is 0 Å². The first kappa shape index (κ1) is 10.9. The molecule has 1 aromatic rings. The Kier molecular flexibility index (Phi) is 2.77. The second-order valence-corrected chi connectivity index (χ2v) is 4.01. The van der Waals surface area contributed by atoms with Crippen LogP contribution >= 0.6 is 0 Å². The number of hydrogen-bond donors (Lipinski definition) is 1. The van der Waals surface area contributed by atoms with Gasteiger partial charge in [-0.3, -0.25) is 9.59 Å². The molecule has 0 unspecified atom stereocenters. The number of anilines is 1. The molecule has 1 aliphatic heterocycles. The molecule has 0 aromatic heterocycles. The van der Waals surface area contributed by atoms with Gasteiger partial charge in [0.1, 0.15) is 0 Å². The van der Waals surface area contributed by atoms with Gasteiger partial charge in [0, 0.05) is 0 Å². The van der Waals surface area contributed by atoms with E-state index in [1.165, 1.54) is 5.56 Å². The van der Waals surface area contributed by atoms with Crippen molar-refractivity contribution in [3.63, 3.8) is 0 Å². The Morgan fingerprint density at radius 3 is 2.56 bits per heavy atom. The SMILES string of the molecule is CCCc1ccc2c(c1CC)NC(=O)C2=O. The summed E-state index contributed by atoms with van der Waals surface area (Å²) in [7, 11) is 0. The first-order valence-corrected chi connectivity index (χ1v) is 5.69. The second-order valence-electron chi connectivity index (χ2n) is 4.01. The average molecular weight is 217 g/mol. The number of aryl methyl sites for hydroxylation is 1. The molecular formula is C13H15NO2. The third-order valence-electron chi connectivity index (χ3n) is 2.97. The van der Waals surface area contributed by atoms with E-state index in [9.17, 15) is 9.59 Å². The molecule has 0 saturated carbocycles. The molecule has 3 heteroatoms. The van der Waals surface area contributed by atoms with Gasteiger partial charge in [0.2, 0.25) is 0 Å². The molecule has 0 aliphatic carbocycles. The fourth-order valence-electron chi connectivity index (χ4n) is 2.22. The minimum absolute atomic E-state index is 0.409. The van der Waals surface area contributed by atoms with Gasteiger partial charge < -0.3 is 5.32 Å². The Labute approximate surface area is 94.9 Å². The van der Waals surface area contributed by atoms with Crippen LogP contribution in [-0.4, -0.2) is 11.7 Å². The molecule has 1 N–H and O–H groups in total. The van der Waals surface area contributed by atoms with Crippen LogP contribution in [0, 0.1) is 0 Å². The standard InChI is InChI=1S/C13H15NO2/c1-3-5-8-6-7-10-11(9(8)4-2)14-13(16)12(10)15/h6-7H,3-5H2,1-2H3,(H,14,15,16). The minimum Gasteiger partial charge on any atom is -0.318 e. The molecule has 0 saturated heterocycles. The number of rotatable bonds is 3. The van der Waals surface area contributed by atoms with Crippen LogP contribution < -0.4 is 5.32 Å². The molecule has 1 aromatic carbocycles. The largest absolute Gasteiger partial charge is 0.318 e. The molecule has 1 heterocycles. The van der Waals surface area contributed by atoms with Crippen molar-refractivity contribution < 1.29 is 9.59 Å². The summed E-state index contributed by atoms with van der Waals surface area (Å²) in [5, 5.41) is 2.68. The fourth-order valence-corrected chi connectivity index (χ4v) is 2.22. The average Bonchev–Trinajstić information content (AvgIpc) is 2.56. The van der Waals surface area contributed by atoms with Crippen LogP contribution in [0.2, 0.25) is 0 Å². The number of Topliss-reactive ketones (excluding diaryl/α,β-unsaturated/α-hetero) is 1. The lowest BCUT2D eigenvalue weighted by Gasteiger charge is -2.11. The molecule has 84 valence electrons. The summed E-state index contributed by atoms with van der Waals surface area (Å²) in [6.45, 7) is 4.17. The molecule has 0 atom stereocenters. The maximum Gasteiger partial charge on any atom is 0.296 e. The van der Waals surface area contributed by atoms with Gasteiger partial charge in [-0.2, -0.15) is 0 Å². The molecule has 0 radical (unpaired) electrons. The fraction of sp³-hybridized carbons (Fsp3) is 0.385. The van der Waals surface area contributed by atoms with Crippen molar-refractivity contribution in [2.24, 2.45) is 0 Å². The Hall–Kier alpha value is -1.64. The summed E-state index contributed by atoms with van der Waals surface area (Å²) in [4.78, 5) is 22.8. The lowest BCUT2D eigenvalue weighted by molar-refractivity contribution is -0.112. The molecule has 0 fully saturated rings. The van der Waals surface area contributed by atoms with Gasteiger partial charge in [-0.15, -0.1) is 0 Å². The number of amides is 1. The van der Waals surface area contributed by atoms with E-state index < -0.39 is 11.7 Å². The normalized spacial score (nSPS) is 13.9. The van der Waals surface area contributed by atoms with Crippen molar-refractivity contribution in [3.05, 3.63) is 28.8 Å². The highest BCUT2D eigenvalue weighted by Crippen LogP contribution is 2.30. The van der Waals surface area contributed by atoms with E-state index in [4.69, 9.17) is 0 Å². The molecule has 0 spiro atoms. The molecular weight excluding hydrogens is 202 g/mol. The number of carbonyl (C=O) groups excluding carboxylic acids is 2. The molecule has 1 aliphatic rings. The van der Waals surface area contributed by atoms with Gasteiger partial charge in [-0.1, -0.05) is 26.3 Å². The molecule has 1 amide bonds. The van der Waals surface area contributed by atoms with Crippen molar-refractivity contribution in [1.82, 2.24) is 0 Å². The highest BCUT2D eigenvalue weighted by atomic mass is 16.2. The number of hydrogen-bond acceptors (Lipinski definition) is 2. The first-order valence-electron chi connectivity index (χ1n) is 5.69. The second kappa shape index (κ2) is 4.08. The van der Waals surface area contributed by atoms with Gasteiger partial charge in [0.05, 0.1) is 11.3 Å². The quantitative estimate of drug-likeness (QED) is 0.790. The van der Waals surface area contributed by atoms with Gasteiger partial charge >= 0.3 is 0 Å². The van der Waals surface area contributed by atoms with Crippen LogP contribution in [-0.2, 0) is 17.6 Å². The molecule has 2 rings (SSSR count). The van der Waals surface area contributed by atoms with Gasteiger partial charge in [-0.05, 0) is 30.0 Å². The van der Waals surface area contributed by atoms with E-state index >= 15 is 0 Å². The van der Waals surface area contributed by atoms with Crippen molar-refractivity contribution in [2.75, 3.05) is 5.32 Å². The molecule has 16 heavy (non-hydrogen) atoms. The lowest BCUT2D eigenvalue weighted by atomic mass is 9.96. The van der Waals surface area contributed by atoms with E-state index in [1.54, 1.807) is 6.07 Å². The monoisotopic (exact) mass is 217 g/mol. The van der Waals surface area contributed by atoms with Crippen LogP contribution in [0.25, 0.3) is 0 Å². The minimum atomic E-state index is -0.502. The summed E-state index contributed by atoms with van der Waals surface area (Å²) < 4.78 is 0. The van der Waals surface area contributed by atoms with E-state index in [1.807, 2.05) is 13.0 Å². The smallest absolute Gasteiger partial charge is 0.296 e. The Morgan fingerprint density at radius 2 is 1.94 bits per heavy atom. The maximum absolute atomic E-state index is 11.5. The zero-order valence-electron chi connectivity index (χ0n) is 9.59. The van der Waals surface area contributed by atoms with Crippen LogP contribution in [0.1, 0.15) is 41.8 Å². The molecule has 3 nitrogen and oxygen atoms in total. The van der Waals surface area contributed by atoms with Crippen LogP contribution in [0.3, 0.4) is 0 Å². The third kappa shape index (κ3) is 1.52. The number of nitrogens with one attached hydrogen (secondary N) is 1. The maximum atomic E-state index is 11.5. The summed E-state index contributed by atoms with van der Waals surface area (Å²) in [6.07, 6.45) is 2.89. The lowest BCUT2D eigenvalue weighted by Crippen LogP contribution is -2.12. The number of fused-ring (bicyclic) bond motifs is 1. The van der Waals surface area contributed by atoms with Crippen LogP contribution in [0.15, 0.2) is 12.1 Å². The summed E-state index contributed by atoms with van der Waals surface area (Å²) in [6, 6.07) is 3.74. The van der Waals surface area contributed by atoms with E-state index in [0.29, 0.717) is 5.56 Å². The third-order valence-corrected chi connectivity index (χ3v) is 2.97. The summed E-state index contributed by atoms with van der Waals surface area (Å²) in [5.41, 5.74) is 3.61. The number of ketones is 1. The van der Waals surface area contributed by atoms with E-state index in [0.717, 1.165) is 30.5 Å². The van der Waals surface area contributed by atoms with Gasteiger partial charge in [-0.25, -0.2) is 0 Å². The van der Waals surface area contributed by atoms with Crippen LogP contribution in [0.4, 0.5) is 5.69 Å². The summed E-state index contributed by atoms with van der Waals surface area (Å²) >= 11 is 0. The highest BCUT2D eigenvalue weighted by Gasteiger charge is 2.30. The Morgan fingerprint density at radius 1 is 1.19 bits per heavy atom. The number of benzene rings is 1. The molecule has 0 bridgehead atoms. The highest BCUT2D eigenvalue weighted by molar-refractivity contribution is 6.51.